The first-order valence-corrected chi connectivity index (χ1v) is 17.2. The fourth-order valence-electron chi connectivity index (χ4n) is 8.68. The first kappa shape index (κ1) is 27.1. The summed E-state index contributed by atoms with van der Waals surface area (Å²) in [7, 11) is 0. The molecule has 10 rings (SSSR count). The predicted octanol–water partition coefficient (Wildman–Crippen LogP) is 9.05. The van der Waals surface area contributed by atoms with Crippen LogP contribution in [0.15, 0.2) is 123 Å². The number of hydrogen-bond donors (Lipinski definition) is 0. The Kier molecular flexibility index (Phi) is 6.18. The molecule has 0 saturated heterocycles. The topological polar surface area (TPSA) is 51.8 Å². The molecule has 0 saturated carbocycles. The van der Waals surface area contributed by atoms with E-state index in [-0.39, 0.29) is 5.92 Å². The molecule has 0 amide bonds. The van der Waals surface area contributed by atoms with Gasteiger partial charge in [0.1, 0.15) is 17.0 Å². The van der Waals surface area contributed by atoms with E-state index in [0.717, 1.165) is 77.2 Å². The zero-order chi connectivity index (χ0) is 30.9. The summed E-state index contributed by atoms with van der Waals surface area (Å²) in [6, 6.07) is 23.1. The second-order valence-corrected chi connectivity index (χ2v) is 13.6. The molecule has 0 spiro atoms. The van der Waals surface area contributed by atoms with Gasteiger partial charge in [-0.2, -0.15) is 0 Å². The fraction of sp³-hybridized carbons (Fsp3) is 0.233. The largest absolute Gasteiger partial charge is 0.455 e. The number of benzene rings is 3. The Bertz CT molecular complexity index is 2430. The Labute approximate surface area is 274 Å². The molecule has 2 unspecified atom stereocenters. The van der Waals surface area contributed by atoms with Crippen LogP contribution >= 0.6 is 0 Å². The maximum Gasteiger partial charge on any atom is 0.167 e. The van der Waals surface area contributed by atoms with Gasteiger partial charge in [-0.1, -0.05) is 91.1 Å². The minimum absolute atomic E-state index is 0.0784. The van der Waals surface area contributed by atoms with Gasteiger partial charge in [-0.3, -0.25) is 0 Å². The standard InChI is InChI=1S/C43H35N3O/c1-2-10-28-24-30(17-16-26(28)8-1)41-44-42(46-43(45-41)38-14-7-13-37-36-12-5-6-15-39(36)47-40(37)38)31-20-21-33-29(25-31)19-23-34-32-11-4-3-9-27(32)18-22-35(33)34/h1-8,10-16,24-25,27,30H,9,17-23H2. The van der Waals surface area contributed by atoms with Gasteiger partial charge in [0.25, 0.3) is 0 Å². The highest BCUT2D eigenvalue weighted by Crippen LogP contribution is 2.49. The van der Waals surface area contributed by atoms with Crippen molar-refractivity contribution in [3.8, 4) is 11.4 Å². The third kappa shape index (κ3) is 4.46. The summed E-state index contributed by atoms with van der Waals surface area (Å²) < 4.78 is 6.46. The monoisotopic (exact) mass is 609 g/mol. The van der Waals surface area contributed by atoms with Gasteiger partial charge in [0.05, 0.1) is 5.56 Å². The molecule has 0 radical (unpaired) electrons. The molecule has 228 valence electrons. The quantitative estimate of drug-likeness (QED) is 0.205. The third-order valence-electron chi connectivity index (χ3n) is 11.0. The lowest BCUT2D eigenvalue weighted by molar-refractivity contribution is 0.530. The second-order valence-electron chi connectivity index (χ2n) is 13.6. The number of nitrogens with zero attached hydrogens (tertiary/aromatic N) is 3. The van der Waals surface area contributed by atoms with E-state index < -0.39 is 0 Å². The van der Waals surface area contributed by atoms with Crippen LogP contribution in [0.1, 0.15) is 68.9 Å². The highest BCUT2D eigenvalue weighted by Gasteiger charge is 2.32. The van der Waals surface area contributed by atoms with Crippen molar-refractivity contribution in [3.05, 3.63) is 141 Å². The van der Waals surface area contributed by atoms with E-state index >= 15 is 0 Å². The molecule has 0 bridgehead atoms. The number of hydrogen-bond acceptors (Lipinski definition) is 4. The van der Waals surface area contributed by atoms with Gasteiger partial charge in [0, 0.05) is 16.7 Å². The van der Waals surface area contributed by atoms with Crippen molar-refractivity contribution in [2.45, 2.75) is 57.3 Å². The first-order chi connectivity index (χ1) is 23.3. The maximum atomic E-state index is 6.46. The van der Waals surface area contributed by atoms with Crippen molar-refractivity contribution in [2.24, 2.45) is 5.92 Å². The molecule has 0 aliphatic heterocycles. The van der Waals surface area contributed by atoms with Crippen LogP contribution in [-0.4, -0.2) is 15.0 Å². The summed E-state index contributed by atoms with van der Waals surface area (Å²) in [6.07, 6.45) is 22.9. The van der Waals surface area contributed by atoms with Crippen LogP contribution in [0.4, 0.5) is 0 Å². The Morgan fingerprint density at radius 1 is 0.681 bits per heavy atom. The van der Waals surface area contributed by atoms with Crippen LogP contribution in [0.3, 0.4) is 0 Å². The lowest BCUT2D eigenvalue weighted by atomic mass is 9.68. The summed E-state index contributed by atoms with van der Waals surface area (Å²) in [6.45, 7) is 0. The minimum atomic E-state index is 0.0784. The van der Waals surface area contributed by atoms with Crippen LogP contribution in [-0.2, 0) is 0 Å². The third-order valence-corrected chi connectivity index (χ3v) is 11.0. The van der Waals surface area contributed by atoms with Gasteiger partial charge < -0.3 is 4.42 Å². The summed E-state index contributed by atoms with van der Waals surface area (Å²) in [4.78, 5) is 15.7. The molecule has 3 aromatic carbocycles. The zero-order valence-electron chi connectivity index (χ0n) is 26.4. The van der Waals surface area contributed by atoms with Crippen LogP contribution in [0.25, 0.3) is 51.1 Å². The summed E-state index contributed by atoms with van der Waals surface area (Å²) in [5, 5.41) is 4.71. The molecular weight excluding hydrogens is 574 g/mol. The van der Waals surface area contributed by atoms with Crippen molar-refractivity contribution in [1.29, 1.82) is 0 Å². The van der Waals surface area contributed by atoms with Crippen LogP contribution < -0.4 is 10.4 Å². The number of para-hydroxylation sites is 2. The maximum absolute atomic E-state index is 6.46. The number of aromatic nitrogens is 3. The minimum Gasteiger partial charge on any atom is -0.455 e. The lowest BCUT2D eigenvalue weighted by Gasteiger charge is -2.37. The average Bonchev–Trinajstić information content (AvgIpc) is 3.53. The summed E-state index contributed by atoms with van der Waals surface area (Å²) in [5.74, 6) is 3.12. The van der Waals surface area contributed by atoms with E-state index in [1.54, 1.807) is 22.3 Å². The van der Waals surface area contributed by atoms with Crippen molar-refractivity contribution >= 4 is 39.7 Å². The van der Waals surface area contributed by atoms with Crippen LogP contribution in [0.5, 0.6) is 0 Å². The highest BCUT2D eigenvalue weighted by molar-refractivity contribution is 6.09. The average molecular weight is 610 g/mol. The van der Waals surface area contributed by atoms with Gasteiger partial charge in [-0.15, -0.1) is 0 Å². The SMILES string of the molecule is C1=CCC2CCC3=C(CCC4=C3CCC(c3nc(-c5cccc6c5oc5ccccc56)nc(C5C=c6ccccc6=CC5)n3)=C4)C2=C1. The molecule has 0 N–H and O–H groups in total. The number of furan rings is 1. The van der Waals surface area contributed by atoms with Crippen molar-refractivity contribution in [1.82, 2.24) is 15.0 Å². The Morgan fingerprint density at radius 2 is 1.53 bits per heavy atom. The van der Waals surface area contributed by atoms with Gasteiger partial charge in [-0.25, -0.2) is 15.0 Å². The Balaban J connectivity index is 1.12. The van der Waals surface area contributed by atoms with Crippen molar-refractivity contribution in [2.75, 3.05) is 0 Å². The molecule has 0 fully saturated rings. The van der Waals surface area contributed by atoms with Crippen LogP contribution in [0.2, 0.25) is 0 Å². The number of allylic oxidation sites excluding steroid dienone is 10. The van der Waals surface area contributed by atoms with E-state index in [9.17, 15) is 0 Å². The second kappa shape index (κ2) is 10.7. The molecule has 5 aromatic rings. The Hall–Kier alpha value is -5.09. The molecular formula is C43H35N3O. The first-order valence-electron chi connectivity index (χ1n) is 17.2. The normalized spacial score (nSPS) is 21.7. The smallest absolute Gasteiger partial charge is 0.167 e. The molecule has 2 atom stereocenters. The lowest BCUT2D eigenvalue weighted by Crippen LogP contribution is -2.28. The fourth-order valence-corrected chi connectivity index (χ4v) is 8.68. The molecule has 4 heteroatoms. The predicted molar refractivity (Wildman–Crippen MR) is 190 cm³/mol. The highest BCUT2D eigenvalue weighted by atomic mass is 16.3. The zero-order valence-corrected chi connectivity index (χ0v) is 26.4. The Morgan fingerprint density at radius 3 is 2.51 bits per heavy atom. The van der Waals surface area contributed by atoms with Gasteiger partial charge in [0.15, 0.2) is 11.6 Å². The molecule has 5 aliphatic carbocycles. The molecule has 4 nitrogen and oxygen atoms in total. The molecule has 5 aliphatic rings. The molecule has 47 heavy (non-hydrogen) atoms. The number of fused-ring (bicyclic) bond motifs is 7. The van der Waals surface area contributed by atoms with Gasteiger partial charge >= 0.3 is 0 Å². The number of rotatable bonds is 3. The van der Waals surface area contributed by atoms with E-state index in [1.165, 1.54) is 40.8 Å². The van der Waals surface area contributed by atoms with Crippen molar-refractivity contribution in [3.63, 3.8) is 0 Å². The van der Waals surface area contributed by atoms with E-state index in [2.05, 4.69) is 91.1 Å². The summed E-state index contributed by atoms with van der Waals surface area (Å²) in [5.41, 5.74) is 11.8. The van der Waals surface area contributed by atoms with Crippen molar-refractivity contribution < 1.29 is 4.42 Å². The molecule has 2 aromatic heterocycles. The van der Waals surface area contributed by atoms with Gasteiger partial charge in [-0.05, 0) is 113 Å². The molecule has 2 heterocycles. The summed E-state index contributed by atoms with van der Waals surface area (Å²) >= 11 is 0. The van der Waals surface area contributed by atoms with Gasteiger partial charge in [0.2, 0.25) is 0 Å². The van der Waals surface area contributed by atoms with E-state index in [4.69, 9.17) is 19.4 Å². The van der Waals surface area contributed by atoms with E-state index in [0.29, 0.717) is 5.82 Å². The van der Waals surface area contributed by atoms with E-state index in [1.807, 2.05) is 12.1 Å². The van der Waals surface area contributed by atoms with Crippen LogP contribution in [0, 0.1) is 5.92 Å².